The van der Waals surface area contributed by atoms with Crippen LogP contribution >= 0.6 is 0 Å². The van der Waals surface area contributed by atoms with E-state index < -0.39 is 0 Å². The zero-order valence-corrected chi connectivity index (χ0v) is 15.4. The largest absolute Gasteiger partial charge is 0.329 e. The summed E-state index contributed by atoms with van der Waals surface area (Å²) >= 11 is 0. The van der Waals surface area contributed by atoms with E-state index in [0.29, 0.717) is 6.54 Å². The van der Waals surface area contributed by atoms with Crippen LogP contribution in [0.25, 0.3) is 0 Å². The maximum Gasteiger partial charge on any atom is 0.318 e. The van der Waals surface area contributed by atoms with Crippen LogP contribution in [0.3, 0.4) is 0 Å². The molecule has 3 rings (SSSR count). The molecule has 0 radical (unpaired) electrons. The number of urea groups is 1. The van der Waals surface area contributed by atoms with Crippen LogP contribution in [-0.2, 0) is 19.5 Å². The second kappa shape index (κ2) is 7.21. The summed E-state index contributed by atoms with van der Waals surface area (Å²) in [6, 6.07) is 3.68. The van der Waals surface area contributed by atoms with Gasteiger partial charge >= 0.3 is 6.03 Å². The molecular formula is C18H26N6O. The number of pyridine rings is 1. The maximum atomic E-state index is 12.7. The van der Waals surface area contributed by atoms with Crippen LogP contribution < -0.4 is 5.32 Å². The van der Waals surface area contributed by atoms with Crippen LogP contribution in [0.1, 0.15) is 49.2 Å². The Bertz CT molecular complexity index is 754. The lowest BCUT2D eigenvalue weighted by Crippen LogP contribution is -2.41. The Morgan fingerprint density at radius 3 is 2.92 bits per heavy atom. The average molecular weight is 342 g/mol. The first-order valence-electron chi connectivity index (χ1n) is 8.81. The van der Waals surface area contributed by atoms with Crippen LogP contribution in [0.2, 0.25) is 0 Å². The number of amides is 2. The molecule has 0 saturated heterocycles. The number of nitrogens with zero attached hydrogens (tertiary/aromatic N) is 5. The van der Waals surface area contributed by atoms with Gasteiger partial charge in [0, 0.05) is 26.2 Å². The van der Waals surface area contributed by atoms with Gasteiger partial charge in [0.1, 0.15) is 5.82 Å². The van der Waals surface area contributed by atoms with Crippen LogP contribution in [0.4, 0.5) is 4.79 Å². The normalized spacial score (nSPS) is 14.4. The average Bonchev–Trinajstić information content (AvgIpc) is 3.18. The highest BCUT2D eigenvalue weighted by Gasteiger charge is 2.24. The molecule has 134 valence electrons. The summed E-state index contributed by atoms with van der Waals surface area (Å²) < 4.78 is 2.12. The van der Waals surface area contributed by atoms with Crippen LogP contribution in [0.5, 0.6) is 0 Å². The molecule has 2 amide bonds. The molecule has 0 spiro atoms. The molecule has 2 aromatic rings. The first-order chi connectivity index (χ1) is 12.0. The summed E-state index contributed by atoms with van der Waals surface area (Å²) in [6.45, 7) is 7.59. The minimum Gasteiger partial charge on any atom is -0.329 e. The van der Waals surface area contributed by atoms with E-state index in [9.17, 15) is 4.79 Å². The highest BCUT2D eigenvalue weighted by atomic mass is 16.2. The molecule has 7 nitrogen and oxygen atoms in total. The Kier molecular flexibility index (Phi) is 5.01. The first kappa shape index (κ1) is 17.4. The fourth-order valence-electron chi connectivity index (χ4n) is 3.23. The van der Waals surface area contributed by atoms with Gasteiger partial charge in [-0.2, -0.15) is 0 Å². The number of nitrogens with one attached hydrogen (secondary N) is 1. The van der Waals surface area contributed by atoms with Crippen molar-refractivity contribution in [3.05, 3.63) is 41.2 Å². The summed E-state index contributed by atoms with van der Waals surface area (Å²) in [5.41, 5.74) is 2.00. The van der Waals surface area contributed by atoms with Gasteiger partial charge in [-0.1, -0.05) is 19.9 Å². The summed E-state index contributed by atoms with van der Waals surface area (Å²) in [4.78, 5) is 18.8. The van der Waals surface area contributed by atoms with Gasteiger partial charge in [0.25, 0.3) is 0 Å². The lowest BCUT2D eigenvalue weighted by molar-refractivity contribution is 0.196. The van der Waals surface area contributed by atoms with Crippen molar-refractivity contribution >= 4 is 6.03 Å². The molecule has 0 bridgehead atoms. The lowest BCUT2D eigenvalue weighted by Gasteiger charge is -2.26. The Balaban J connectivity index is 1.69. The SMILES string of the molecule is Cc1cccnc1C(NC(=O)N(C)Cc1nnc2n1CCC2)C(C)C. The Labute approximate surface area is 148 Å². The number of rotatable bonds is 5. The molecule has 7 heteroatoms. The van der Waals surface area contributed by atoms with Crippen LogP contribution in [-0.4, -0.2) is 37.7 Å². The number of hydrogen-bond donors (Lipinski definition) is 1. The van der Waals surface area contributed by atoms with E-state index in [1.54, 1.807) is 18.1 Å². The lowest BCUT2D eigenvalue weighted by atomic mass is 9.97. The molecule has 1 atom stereocenters. The maximum absolute atomic E-state index is 12.7. The molecule has 0 saturated carbocycles. The van der Waals surface area contributed by atoms with Crippen molar-refractivity contribution < 1.29 is 4.79 Å². The molecule has 0 aromatic carbocycles. The van der Waals surface area contributed by atoms with E-state index >= 15 is 0 Å². The predicted molar refractivity (Wildman–Crippen MR) is 94.9 cm³/mol. The number of hydrogen-bond acceptors (Lipinski definition) is 4. The van der Waals surface area contributed by atoms with Gasteiger partial charge in [-0.15, -0.1) is 10.2 Å². The highest BCUT2D eigenvalue weighted by Crippen LogP contribution is 2.23. The third-order valence-corrected chi connectivity index (χ3v) is 4.70. The van der Waals surface area contributed by atoms with Crippen LogP contribution in [0.15, 0.2) is 18.3 Å². The van der Waals surface area contributed by atoms with Gasteiger partial charge < -0.3 is 14.8 Å². The zero-order chi connectivity index (χ0) is 18.0. The number of fused-ring (bicyclic) bond motifs is 1. The molecule has 1 unspecified atom stereocenters. The molecule has 0 fully saturated rings. The molecule has 0 aliphatic carbocycles. The van der Waals surface area contributed by atoms with Crippen molar-refractivity contribution in [3.8, 4) is 0 Å². The van der Waals surface area contributed by atoms with Crippen molar-refractivity contribution in [1.29, 1.82) is 0 Å². The molecule has 1 aliphatic rings. The fourth-order valence-corrected chi connectivity index (χ4v) is 3.23. The van der Waals surface area contributed by atoms with Crippen molar-refractivity contribution in [2.45, 2.75) is 52.7 Å². The smallest absolute Gasteiger partial charge is 0.318 e. The quantitative estimate of drug-likeness (QED) is 0.905. The Hall–Kier alpha value is -2.44. The van der Waals surface area contributed by atoms with E-state index in [2.05, 4.69) is 38.9 Å². The molecule has 3 heterocycles. The molecule has 2 aromatic heterocycles. The highest BCUT2D eigenvalue weighted by molar-refractivity contribution is 5.74. The van der Waals surface area contributed by atoms with E-state index in [1.165, 1.54) is 0 Å². The van der Waals surface area contributed by atoms with E-state index in [-0.39, 0.29) is 18.0 Å². The van der Waals surface area contributed by atoms with Gasteiger partial charge in [0.05, 0.1) is 18.3 Å². The molecule has 1 aliphatic heterocycles. The summed E-state index contributed by atoms with van der Waals surface area (Å²) in [6.07, 6.45) is 3.84. The number of carbonyl (C=O) groups excluding carboxylic acids is 1. The van der Waals surface area contributed by atoms with Crippen molar-refractivity contribution in [2.75, 3.05) is 7.05 Å². The van der Waals surface area contributed by atoms with Crippen molar-refractivity contribution in [1.82, 2.24) is 30.0 Å². The third-order valence-electron chi connectivity index (χ3n) is 4.70. The number of aryl methyl sites for hydroxylation is 2. The molecule has 25 heavy (non-hydrogen) atoms. The third kappa shape index (κ3) is 3.65. The number of aromatic nitrogens is 4. The Morgan fingerprint density at radius 1 is 1.40 bits per heavy atom. The standard InChI is InChI=1S/C18H26N6O/c1-12(2)16(17-13(3)7-5-9-19-17)20-18(25)23(4)11-15-22-21-14-8-6-10-24(14)15/h5,7,9,12,16H,6,8,10-11H2,1-4H3,(H,20,25). The van der Waals surface area contributed by atoms with Gasteiger partial charge in [-0.05, 0) is 30.9 Å². The fraction of sp³-hybridized carbons (Fsp3) is 0.556. The second-order valence-electron chi connectivity index (χ2n) is 7.02. The minimum absolute atomic E-state index is 0.125. The predicted octanol–water partition coefficient (Wildman–Crippen LogP) is 2.47. The van der Waals surface area contributed by atoms with Crippen molar-refractivity contribution in [2.24, 2.45) is 5.92 Å². The molecular weight excluding hydrogens is 316 g/mol. The van der Waals surface area contributed by atoms with Gasteiger partial charge in [0.15, 0.2) is 5.82 Å². The minimum atomic E-state index is -0.126. The van der Waals surface area contributed by atoms with E-state index in [1.807, 2.05) is 19.1 Å². The Morgan fingerprint density at radius 2 is 2.20 bits per heavy atom. The van der Waals surface area contributed by atoms with Gasteiger partial charge in [-0.3, -0.25) is 4.98 Å². The topological polar surface area (TPSA) is 75.9 Å². The van der Waals surface area contributed by atoms with E-state index in [0.717, 1.165) is 42.3 Å². The number of carbonyl (C=O) groups is 1. The zero-order valence-electron chi connectivity index (χ0n) is 15.4. The monoisotopic (exact) mass is 342 g/mol. The van der Waals surface area contributed by atoms with Gasteiger partial charge in [-0.25, -0.2) is 4.79 Å². The van der Waals surface area contributed by atoms with E-state index in [4.69, 9.17) is 0 Å². The molecule has 1 N–H and O–H groups in total. The van der Waals surface area contributed by atoms with Crippen molar-refractivity contribution in [3.63, 3.8) is 0 Å². The summed E-state index contributed by atoms with van der Waals surface area (Å²) in [5, 5.41) is 11.5. The summed E-state index contributed by atoms with van der Waals surface area (Å²) in [5.74, 6) is 2.11. The van der Waals surface area contributed by atoms with Crippen LogP contribution in [0, 0.1) is 12.8 Å². The van der Waals surface area contributed by atoms with Gasteiger partial charge in [0.2, 0.25) is 0 Å². The first-order valence-corrected chi connectivity index (χ1v) is 8.81. The second-order valence-corrected chi connectivity index (χ2v) is 7.02. The summed E-state index contributed by atoms with van der Waals surface area (Å²) in [7, 11) is 1.79.